The van der Waals surface area contributed by atoms with Crippen molar-refractivity contribution in [3.63, 3.8) is 0 Å². The van der Waals surface area contributed by atoms with Gasteiger partial charge in [-0.05, 0) is 73.1 Å². The summed E-state index contributed by atoms with van der Waals surface area (Å²) < 4.78 is 41.6. The van der Waals surface area contributed by atoms with E-state index in [1.54, 1.807) is 12.1 Å². The molecule has 6 heteroatoms. The minimum atomic E-state index is -0.653. The molecule has 0 aliphatic heterocycles. The molecule has 1 aliphatic rings. The summed E-state index contributed by atoms with van der Waals surface area (Å²) in [5.41, 5.74) is 2.44. The van der Waals surface area contributed by atoms with Crippen LogP contribution in [0.1, 0.15) is 31.7 Å². The number of halogens is 3. The van der Waals surface area contributed by atoms with Crippen LogP contribution in [0.4, 0.5) is 13.2 Å². The third kappa shape index (κ3) is 3.88. The van der Waals surface area contributed by atoms with E-state index < -0.39 is 11.6 Å². The van der Waals surface area contributed by atoms with Gasteiger partial charge in [-0.1, -0.05) is 6.92 Å². The molecule has 3 nitrogen and oxygen atoms in total. The van der Waals surface area contributed by atoms with Crippen LogP contribution < -0.4 is 5.32 Å². The summed E-state index contributed by atoms with van der Waals surface area (Å²) in [7, 11) is 0. The van der Waals surface area contributed by atoms with E-state index in [-0.39, 0.29) is 29.1 Å². The van der Waals surface area contributed by atoms with E-state index in [0.29, 0.717) is 29.6 Å². The Kier molecular flexibility index (Phi) is 5.35. The number of aromatic amines is 1. The molecule has 1 saturated carbocycles. The second-order valence-corrected chi connectivity index (χ2v) is 7.83. The van der Waals surface area contributed by atoms with Crippen molar-refractivity contribution < 1.29 is 18.0 Å². The topological polar surface area (TPSA) is 44.9 Å². The highest BCUT2D eigenvalue weighted by Gasteiger charge is 2.35. The van der Waals surface area contributed by atoms with Crippen LogP contribution in [0.5, 0.6) is 0 Å². The Morgan fingerprint density at radius 1 is 1.10 bits per heavy atom. The first kappa shape index (κ1) is 19.6. The molecule has 152 valence electrons. The van der Waals surface area contributed by atoms with E-state index in [0.717, 1.165) is 30.9 Å². The molecule has 1 amide bonds. The molecule has 4 rings (SSSR count). The number of benzene rings is 2. The van der Waals surface area contributed by atoms with Crippen LogP contribution in [0, 0.1) is 29.3 Å². The summed E-state index contributed by atoms with van der Waals surface area (Å²) in [4.78, 5) is 15.2. The van der Waals surface area contributed by atoms with E-state index in [2.05, 4.69) is 10.3 Å². The number of hydrogen-bond acceptors (Lipinski definition) is 1. The molecule has 0 atom stereocenters. The Balaban J connectivity index is 1.63. The lowest BCUT2D eigenvalue weighted by Crippen LogP contribution is -2.39. The van der Waals surface area contributed by atoms with Gasteiger partial charge in [-0.25, -0.2) is 13.2 Å². The molecule has 0 unspecified atom stereocenters. The van der Waals surface area contributed by atoms with Crippen LogP contribution >= 0.6 is 0 Å². The molecule has 0 saturated heterocycles. The zero-order valence-electron chi connectivity index (χ0n) is 16.2. The van der Waals surface area contributed by atoms with Crippen molar-refractivity contribution in [2.24, 2.45) is 11.8 Å². The quantitative estimate of drug-likeness (QED) is 0.576. The number of hydrogen-bond donors (Lipinski definition) is 2. The van der Waals surface area contributed by atoms with Gasteiger partial charge in [0.25, 0.3) is 0 Å². The van der Waals surface area contributed by atoms with Crippen LogP contribution in [-0.4, -0.2) is 17.4 Å². The Morgan fingerprint density at radius 2 is 1.83 bits per heavy atom. The summed E-state index contributed by atoms with van der Waals surface area (Å²) in [6.45, 7) is 2.69. The fourth-order valence-corrected chi connectivity index (χ4v) is 4.15. The highest BCUT2D eigenvalue weighted by atomic mass is 19.1. The number of rotatable bonds is 6. The van der Waals surface area contributed by atoms with E-state index in [1.807, 2.05) is 6.92 Å². The fourth-order valence-electron chi connectivity index (χ4n) is 4.15. The van der Waals surface area contributed by atoms with Crippen molar-refractivity contribution >= 4 is 16.8 Å². The maximum Gasteiger partial charge on any atom is 0.223 e. The second kappa shape index (κ2) is 7.93. The third-order valence-corrected chi connectivity index (χ3v) is 5.71. The van der Waals surface area contributed by atoms with Gasteiger partial charge in [-0.2, -0.15) is 0 Å². The standard InChI is InChI=1S/C23H23F3N2O/c1-2-7-27-23(29)15-8-13(9-15)10-18-19-11-17(25)12-20(26)22(19)28-21(18)14-3-5-16(24)6-4-14/h3-6,11-13,15,28H,2,7-10H2,1H3,(H,27,29). The molecule has 0 radical (unpaired) electrons. The largest absolute Gasteiger partial charge is 0.356 e. The summed E-state index contributed by atoms with van der Waals surface area (Å²) in [6.07, 6.45) is 3.01. The number of fused-ring (bicyclic) bond motifs is 1. The first-order valence-electron chi connectivity index (χ1n) is 9.99. The van der Waals surface area contributed by atoms with Crippen molar-refractivity contribution in [3.8, 4) is 11.3 Å². The van der Waals surface area contributed by atoms with E-state index in [9.17, 15) is 18.0 Å². The van der Waals surface area contributed by atoms with E-state index in [4.69, 9.17) is 0 Å². The van der Waals surface area contributed by atoms with Gasteiger partial charge in [-0.15, -0.1) is 0 Å². The first-order valence-corrected chi connectivity index (χ1v) is 9.99. The number of H-pyrrole nitrogens is 1. The molecule has 1 aromatic heterocycles. The van der Waals surface area contributed by atoms with Gasteiger partial charge in [0, 0.05) is 29.6 Å². The zero-order valence-corrected chi connectivity index (χ0v) is 16.2. The molecule has 3 aromatic rings. The maximum absolute atomic E-state index is 14.4. The van der Waals surface area contributed by atoms with Gasteiger partial charge < -0.3 is 10.3 Å². The predicted molar refractivity (Wildman–Crippen MR) is 107 cm³/mol. The van der Waals surface area contributed by atoms with Crippen LogP contribution in [0.3, 0.4) is 0 Å². The first-order chi connectivity index (χ1) is 14.0. The van der Waals surface area contributed by atoms with Gasteiger partial charge in [0.2, 0.25) is 5.91 Å². The Morgan fingerprint density at radius 3 is 2.52 bits per heavy atom. The number of aromatic nitrogens is 1. The van der Waals surface area contributed by atoms with Gasteiger partial charge in [0.15, 0.2) is 0 Å². The van der Waals surface area contributed by atoms with E-state index >= 15 is 0 Å². The summed E-state index contributed by atoms with van der Waals surface area (Å²) >= 11 is 0. The van der Waals surface area contributed by atoms with Crippen molar-refractivity contribution in [1.29, 1.82) is 0 Å². The highest BCUT2D eigenvalue weighted by Crippen LogP contribution is 2.41. The SMILES string of the molecule is CCCNC(=O)C1CC(Cc2c(-c3ccc(F)cc3)[nH]c3c(F)cc(F)cc23)C1. The number of amides is 1. The van der Waals surface area contributed by atoms with Crippen molar-refractivity contribution in [1.82, 2.24) is 10.3 Å². The normalized spacial score (nSPS) is 18.6. The average molecular weight is 400 g/mol. The minimum Gasteiger partial charge on any atom is -0.356 e. The summed E-state index contributed by atoms with van der Waals surface area (Å²) in [6, 6.07) is 8.13. The molecule has 0 bridgehead atoms. The van der Waals surface area contributed by atoms with Gasteiger partial charge in [0.05, 0.1) is 5.52 Å². The smallest absolute Gasteiger partial charge is 0.223 e. The highest BCUT2D eigenvalue weighted by molar-refractivity contribution is 5.91. The third-order valence-electron chi connectivity index (χ3n) is 5.71. The molecule has 29 heavy (non-hydrogen) atoms. The van der Waals surface area contributed by atoms with Crippen molar-refractivity contribution in [2.45, 2.75) is 32.6 Å². The van der Waals surface area contributed by atoms with Crippen LogP contribution in [0.15, 0.2) is 36.4 Å². The van der Waals surface area contributed by atoms with Crippen molar-refractivity contribution in [2.75, 3.05) is 6.54 Å². The van der Waals surface area contributed by atoms with E-state index in [1.165, 1.54) is 18.2 Å². The molecule has 2 N–H and O–H groups in total. The minimum absolute atomic E-state index is 0.000464. The Bertz CT molecular complexity index is 1040. The predicted octanol–water partition coefficient (Wildman–Crippen LogP) is 5.35. The molecule has 2 aromatic carbocycles. The number of nitrogens with one attached hydrogen (secondary N) is 2. The molecule has 1 fully saturated rings. The van der Waals surface area contributed by atoms with Crippen molar-refractivity contribution in [3.05, 3.63) is 59.4 Å². The van der Waals surface area contributed by atoms with Gasteiger partial charge in [0.1, 0.15) is 17.5 Å². The van der Waals surface area contributed by atoms with Gasteiger partial charge in [-0.3, -0.25) is 4.79 Å². The van der Waals surface area contributed by atoms with Crippen LogP contribution in [0.2, 0.25) is 0 Å². The van der Waals surface area contributed by atoms with Gasteiger partial charge >= 0.3 is 0 Å². The number of carbonyl (C=O) groups is 1. The monoisotopic (exact) mass is 400 g/mol. The maximum atomic E-state index is 14.4. The van der Waals surface area contributed by atoms with Crippen LogP contribution in [0.25, 0.3) is 22.2 Å². The summed E-state index contributed by atoms with van der Waals surface area (Å²) in [5.74, 6) is -1.30. The summed E-state index contributed by atoms with van der Waals surface area (Å²) in [5, 5.41) is 3.42. The second-order valence-electron chi connectivity index (χ2n) is 7.83. The Labute approximate surface area is 167 Å². The molecular weight excluding hydrogens is 377 g/mol. The average Bonchev–Trinajstić information content (AvgIpc) is 3.01. The number of carbonyl (C=O) groups excluding carboxylic acids is 1. The lowest BCUT2D eigenvalue weighted by molar-refractivity contribution is -0.129. The molecule has 1 heterocycles. The Hall–Kier alpha value is -2.76. The fraction of sp³-hybridized carbons (Fsp3) is 0.348. The van der Waals surface area contributed by atoms with Crippen LogP contribution in [-0.2, 0) is 11.2 Å². The molecular formula is C23H23F3N2O. The molecule has 1 aliphatic carbocycles. The molecule has 0 spiro atoms. The zero-order chi connectivity index (χ0) is 20.5. The lowest BCUT2D eigenvalue weighted by atomic mass is 9.71. The lowest BCUT2D eigenvalue weighted by Gasteiger charge is -2.34.